The number of rotatable bonds is 7. The fourth-order valence-electron chi connectivity index (χ4n) is 3.76. The number of carbonyl (C=O) groups is 2. The number of aryl methyl sites for hydroxylation is 1. The lowest BCUT2D eigenvalue weighted by molar-refractivity contribution is -0.137. The third kappa shape index (κ3) is 6.18. The molecule has 1 aromatic heterocycles. The lowest BCUT2D eigenvalue weighted by atomic mass is 10.00. The predicted octanol–water partition coefficient (Wildman–Crippen LogP) is 4.92. The van der Waals surface area contributed by atoms with E-state index in [-0.39, 0.29) is 16.9 Å². The second-order valence-electron chi connectivity index (χ2n) is 8.31. The Balaban J connectivity index is 1.52. The van der Waals surface area contributed by atoms with Gasteiger partial charge in [0.15, 0.2) is 6.10 Å². The summed E-state index contributed by atoms with van der Waals surface area (Å²) in [4.78, 5) is 32.2. The van der Waals surface area contributed by atoms with Gasteiger partial charge in [0.05, 0.1) is 24.0 Å². The molecule has 1 unspecified atom stereocenters. The zero-order valence-electron chi connectivity index (χ0n) is 19.8. The molecule has 2 heterocycles. The van der Waals surface area contributed by atoms with E-state index >= 15 is 0 Å². The van der Waals surface area contributed by atoms with E-state index in [0.29, 0.717) is 23.4 Å². The van der Waals surface area contributed by atoms with Crippen molar-refractivity contribution < 1.29 is 31.9 Å². The van der Waals surface area contributed by atoms with Crippen molar-refractivity contribution in [2.45, 2.75) is 32.5 Å². The molecule has 1 N–H and O–H groups in total. The Labute approximate surface area is 209 Å². The normalized spacial score (nSPS) is 15.6. The molecule has 0 bridgehead atoms. The molecule has 0 saturated carbocycles. The lowest BCUT2D eigenvalue weighted by Gasteiger charge is -2.15. The smallest absolute Gasteiger partial charge is 0.364 e. The predicted molar refractivity (Wildman–Crippen MR) is 129 cm³/mol. The van der Waals surface area contributed by atoms with Gasteiger partial charge in [0.1, 0.15) is 5.82 Å². The molecule has 7 nitrogen and oxygen atoms in total. The monoisotopic (exact) mass is 514 g/mol. The van der Waals surface area contributed by atoms with Crippen LogP contribution in [0.5, 0.6) is 0 Å². The van der Waals surface area contributed by atoms with E-state index in [1.807, 2.05) is 0 Å². The average molecular weight is 514 g/mol. The SMILES string of the molecule is CCOC1C=C(c2ccc(CC(=O)Nc3cc(-n4cnc(C)c4)cc(C(F)(F)F)c3)c(F)c2)C=NC1=O. The van der Waals surface area contributed by atoms with Gasteiger partial charge in [-0.2, -0.15) is 13.2 Å². The summed E-state index contributed by atoms with van der Waals surface area (Å²) in [6.45, 7) is 3.73. The summed E-state index contributed by atoms with van der Waals surface area (Å²) in [6.07, 6.45) is -0.144. The highest BCUT2D eigenvalue weighted by atomic mass is 19.4. The van der Waals surface area contributed by atoms with Gasteiger partial charge in [-0.1, -0.05) is 12.1 Å². The van der Waals surface area contributed by atoms with Gasteiger partial charge in [-0.15, -0.1) is 0 Å². The zero-order chi connectivity index (χ0) is 26.7. The van der Waals surface area contributed by atoms with Crippen LogP contribution in [0.25, 0.3) is 11.3 Å². The number of amides is 2. The van der Waals surface area contributed by atoms with Crippen molar-refractivity contribution in [1.29, 1.82) is 0 Å². The standard InChI is InChI=1S/C26H22F4N4O3/c1-3-37-23-7-18(12-31-25(23)36)16-4-5-17(22(27)6-16)8-24(35)33-20-9-19(26(28,29)30)10-21(11-20)34-13-15(2)32-14-34/h4-7,9-14,23H,3,8H2,1-2H3,(H,33,35). The molecule has 0 aliphatic carbocycles. The number of benzene rings is 2. The first-order valence-electron chi connectivity index (χ1n) is 11.3. The number of carbonyl (C=O) groups excluding carboxylic acids is 2. The number of hydrogen-bond acceptors (Lipinski definition) is 4. The molecular weight excluding hydrogens is 492 g/mol. The number of anilines is 1. The van der Waals surface area contributed by atoms with Gasteiger partial charge in [0, 0.05) is 30.4 Å². The minimum Gasteiger partial charge on any atom is -0.364 e. The van der Waals surface area contributed by atoms with Crippen LogP contribution < -0.4 is 5.32 Å². The topological polar surface area (TPSA) is 85.6 Å². The molecule has 0 radical (unpaired) electrons. The van der Waals surface area contributed by atoms with Gasteiger partial charge in [0.2, 0.25) is 5.91 Å². The molecule has 1 atom stereocenters. The van der Waals surface area contributed by atoms with Crippen molar-refractivity contribution in [2.75, 3.05) is 11.9 Å². The molecule has 192 valence electrons. The molecule has 11 heteroatoms. The second kappa shape index (κ2) is 10.5. The highest BCUT2D eigenvalue weighted by molar-refractivity contribution is 6.17. The van der Waals surface area contributed by atoms with Crippen molar-refractivity contribution in [3.8, 4) is 5.69 Å². The number of aliphatic imine (C=N–C) groups is 1. The number of allylic oxidation sites excluding steroid dienone is 1. The minimum atomic E-state index is -4.64. The minimum absolute atomic E-state index is 0.0458. The molecule has 37 heavy (non-hydrogen) atoms. The first kappa shape index (κ1) is 26.0. The van der Waals surface area contributed by atoms with Crippen LogP contribution in [0.2, 0.25) is 0 Å². The van der Waals surface area contributed by atoms with Gasteiger partial charge >= 0.3 is 6.18 Å². The zero-order valence-corrected chi connectivity index (χ0v) is 19.8. The Morgan fingerprint density at radius 1 is 1.19 bits per heavy atom. The van der Waals surface area contributed by atoms with Crippen molar-refractivity contribution in [1.82, 2.24) is 9.55 Å². The summed E-state index contributed by atoms with van der Waals surface area (Å²) in [5.74, 6) is -1.84. The molecule has 0 saturated heterocycles. The summed E-state index contributed by atoms with van der Waals surface area (Å²) in [6, 6.07) is 7.29. The summed E-state index contributed by atoms with van der Waals surface area (Å²) >= 11 is 0. The Morgan fingerprint density at radius 2 is 1.97 bits per heavy atom. The number of dihydropyridines is 1. The highest BCUT2D eigenvalue weighted by Crippen LogP contribution is 2.33. The van der Waals surface area contributed by atoms with E-state index in [4.69, 9.17) is 4.74 Å². The van der Waals surface area contributed by atoms with E-state index in [1.165, 1.54) is 41.4 Å². The van der Waals surface area contributed by atoms with Crippen molar-refractivity contribution in [3.63, 3.8) is 0 Å². The summed E-state index contributed by atoms with van der Waals surface area (Å²) < 4.78 is 61.9. The third-order valence-electron chi connectivity index (χ3n) is 5.53. The van der Waals surface area contributed by atoms with Gasteiger partial charge in [-0.3, -0.25) is 9.59 Å². The maximum Gasteiger partial charge on any atom is 0.416 e. The van der Waals surface area contributed by atoms with Crippen LogP contribution in [-0.2, 0) is 26.9 Å². The molecule has 4 rings (SSSR count). The van der Waals surface area contributed by atoms with Crippen LogP contribution in [0, 0.1) is 12.7 Å². The maximum atomic E-state index is 14.8. The van der Waals surface area contributed by atoms with Crippen LogP contribution in [0.4, 0.5) is 23.2 Å². The molecule has 1 aliphatic heterocycles. The van der Waals surface area contributed by atoms with Crippen molar-refractivity contribution in [2.24, 2.45) is 4.99 Å². The van der Waals surface area contributed by atoms with Crippen LogP contribution in [-0.4, -0.2) is 40.3 Å². The molecule has 2 aromatic carbocycles. The van der Waals surface area contributed by atoms with Crippen molar-refractivity contribution >= 4 is 29.3 Å². The number of ether oxygens (including phenoxy) is 1. The number of hydrogen-bond donors (Lipinski definition) is 1. The Kier molecular flexibility index (Phi) is 7.35. The summed E-state index contributed by atoms with van der Waals surface area (Å²) in [7, 11) is 0. The Morgan fingerprint density at radius 3 is 2.62 bits per heavy atom. The fraction of sp³-hybridized carbons (Fsp3) is 0.231. The molecule has 2 amide bonds. The van der Waals surface area contributed by atoms with Gasteiger partial charge in [0.25, 0.3) is 5.91 Å². The molecular formula is C26H22F4N4O3. The average Bonchev–Trinajstić information content (AvgIpc) is 3.27. The number of halogens is 4. The number of aromatic nitrogens is 2. The number of nitrogens with one attached hydrogen (secondary N) is 1. The van der Waals surface area contributed by atoms with Crippen LogP contribution in [0.3, 0.4) is 0 Å². The molecule has 3 aromatic rings. The van der Waals surface area contributed by atoms with Gasteiger partial charge in [-0.25, -0.2) is 14.4 Å². The van der Waals surface area contributed by atoms with E-state index in [1.54, 1.807) is 26.1 Å². The van der Waals surface area contributed by atoms with Crippen LogP contribution in [0.15, 0.2) is 60.0 Å². The van der Waals surface area contributed by atoms with Gasteiger partial charge in [-0.05, 0) is 60.9 Å². The van der Waals surface area contributed by atoms with Gasteiger partial charge < -0.3 is 14.6 Å². The lowest BCUT2D eigenvalue weighted by Crippen LogP contribution is -2.23. The quantitative estimate of drug-likeness (QED) is 0.454. The Bertz CT molecular complexity index is 1410. The number of imidazole rings is 1. The van der Waals surface area contributed by atoms with E-state index in [2.05, 4.69) is 15.3 Å². The first-order chi connectivity index (χ1) is 17.5. The number of nitrogens with zero attached hydrogens (tertiary/aromatic N) is 3. The Hall–Kier alpha value is -4.12. The summed E-state index contributed by atoms with van der Waals surface area (Å²) in [5.41, 5.74) is 0.691. The molecule has 0 spiro atoms. The number of alkyl halides is 3. The molecule has 0 fully saturated rings. The van der Waals surface area contributed by atoms with E-state index in [0.717, 1.165) is 12.1 Å². The second-order valence-corrected chi connectivity index (χ2v) is 8.31. The van der Waals surface area contributed by atoms with E-state index < -0.39 is 41.9 Å². The first-order valence-corrected chi connectivity index (χ1v) is 11.3. The molecule has 1 aliphatic rings. The van der Waals surface area contributed by atoms with Crippen molar-refractivity contribution in [3.05, 3.63) is 83.2 Å². The summed E-state index contributed by atoms with van der Waals surface area (Å²) in [5, 5.41) is 2.42. The maximum absolute atomic E-state index is 14.8. The third-order valence-corrected chi connectivity index (χ3v) is 5.53. The van der Waals surface area contributed by atoms with E-state index in [9.17, 15) is 27.2 Å². The largest absolute Gasteiger partial charge is 0.416 e. The fourth-order valence-corrected chi connectivity index (χ4v) is 3.76. The highest BCUT2D eigenvalue weighted by Gasteiger charge is 2.31. The van der Waals surface area contributed by atoms with Crippen LogP contribution in [0.1, 0.15) is 29.3 Å². The van der Waals surface area contributed by atoms with Crippen LogP contribution >= 0.6 is 0 Å².